The number of carbonyl (C=O) groups is 1. The first-order valence-corrected chi connectivity index (χ1v) is 10.9. The molecule has 0 saturated carbocycles. The number of aliphatic hydroxyl groups is 1. The fourth-order valence-electron chi connectivity index (χ4n) is 4.06. The maximum Gasteiger partial charge on any atom is 0.309 e. The maximum absolute atomic E-state index is 13.8. The smallest absolute Gasteiger partial charge is 0.309 e. The van der Waals surface area contributed by atoms with Gasteiger partial charge in [-0.25, -0.2) is 4.39 Å². The quantitative estimate of drug-likeness (QED) is 0.582. The third kappa shape index (κ3) is 5.43. The van der Waals surface area contributed by atoms with Crippen molar-refractivity contribution < 1.29 is 27.9 Å². The van der Waals surface area contributed by atoms with Crippen LogP contribution in [0.15, 0.2) is 30.3 Å². The van der Waals surface area contributed by atoms with Crippen molar-refractivity contribution in [3.05, 3.63) is 58.7 Å². The normalized spacial score (nSPS) is 21.0. The van der Waals surface area contributed by atoms with E-state index in [1.807, 2.05) is 27.7 Å². The van der Waals surface area contributed by atoms with Gasteiger partial charge in [0.1, 0.15) is 11.9 Å². The van der Waals surface area contributed by atoms with Crippen LogP contribution in [0, 0.1) is 5.82 Å². The van der Waals surface area contributed by atoms with Crippen LogP contribution in [0.1, 0.15) is 79.0 Å². The van der Waals surface area contributed by atoms with E-state index in [2.05, 4.69) is 0 Å². The molecule has 6 heteroatoms. The van der Waals surface area contributed by atoms with E-state index < -0.39 is 31.0 Å². The molecule has 1 aromatic carbocycles. The van der Waals surface area contributed by atoms with Crippen molar-refractivity contribution in [3.63, 3.8) is 0 Å². The molecule has 1 aliphatic rings. The van der Waals surface area contributed by atoms with Gasteiger partial charge < -0.3 is 14.6 Å². The summed E-state index contributed by atoms with van der Waals surface area (Å²) < 4.78 is 47.0. The molecule has 32 heavy (non-hydrogen) atoms. The summed E-state index contributed by atoms with van der Waals surface area (Å²) in [5.41, 5.74) is 4.15. The van der Waals surface area contributed by atoms with E-state index in [0.717, 1.165) is 5.69 Å². The fraction of sp³-hybridized carbons (Fsp3) is 0.462. The lowest BCUT2D eigenvalue weighted by Gasteiger charge is -2.25. The molecule has 1 saturated heterocycles. The Hall–Kier alpha value is -2.57. The van der Waals surface area contributed by atoms with Gasteiger partial charge in [0.2, 0.25) is 0 Å². The van der Waals surface area contributed by atoms with Gasteiger partial charge in [0.25, 0.3) is 0 Å². The molecular formula is C26H32FNO4. The second-order valence-electron chi connectivity index (χ2n) is 8.74. The second kappa shape index (κ2) is 10.4. The van der Waals surface area contributed by atoms with Crippen LogP contribution in [0.2, 0.25) is 0 Å². The Bertz CT molecular complexity index is 1080. The van der Waals surface area contributed by atoms with E-state index >= 15 is 0 Å². The number of rotatable bonds is 7. The third-order valence-corrected chi connectivity index (χ3v) is 5.51. The zero-order valence-electron chi connectivity index (χ0n) is 21.9. The van der Waals surface area contributed by atoms with E-state index in [0.29, 0.717) is 27.9 Å². The predicted molar refractivity (Wildman–Crippen MR) is 123 cm³/mol. The first kappa shape index (κ1) is 20.1. The molecule has 2 heterocycles. The van der Waals surface area contributed by atoms with Crippen molar-refractivity contribution in [2.75, 3.05) is 7.04 Å². The molecule has 0 aliphatic carbocycles. The number of ether oxygens (including phenoxy) is 2. The second-order valence-corrected chi connectivity index (χ2v) is 8.74. The highest BCUT2D eigenvalue weighted by molar-refractivity contribution is 5.80. The SMILES string of the molecule is [2H]C([2H])([2H])OCc1c(C(C)C)nc(C(C)C)c(/C=C/[C@@H]2C[C@@H](O)CC(=O)O2)c1-c1ccc(F)cc1. The van der Waals surface area contributed by atoms with Gasteiger partial charge in [-0.1, -0.05) is 45.9 Å². The largest absolute Gasteiger partial charge is 0.458 e. The number of hydrogen-bond acceptors (Lipinski definition) is 5. The average molecular weight is 445 g/mol. The minimum Gasteiger partial charge on any atom is -0.458 e. The Kier molecular flexibility index (Phi) is 6.50. The van der Waals surface area contributed by atoms with Crippen molar-refractivity contribution in [2.45, 2.75) is 71.2 Å². The molecule has 3 rings (SSSR count). The van der Waals surface area contributed by atoms with Gasteiger partial charge in [0.05, 0.1) is 28.9 Å². The first-order valence-electron chi connectivity index (χ1n) is 12.4. The molecule has 5 nitrogen and oxygen atoms in total. The lowest BCUT2D eigenvalue weighted by atomic mass is 9.87. The van der Waals surface area contributed by atoms with Crippen LogP contribution in [-0.2, 0) is 20.9 Å². The highest BCUT2D eigenvalue weighted by atomic mass is 19.1. The summed E-state index contributed by atoms with van der Waals surface area (Å²) in [6, 6.07) is 5.97. The molecular weight excluding hydrogens is 409 g/mol. The summed E-state index contributed by atoms with van der Waals surface area (Å²) in [6.07, 6.45) is 2.34. The standard InChI is InChI=1S/C26H32FNO4/c1-15(2)25-21(11-10-20-12-19(29)13-23(30)32-20)24(17-6-8-18(27)9-7-17)22(14-31-5)26(28-25)16(3)4/h6-11,15-16,19-20,29H,12-14H2,1-5H3/b11-10+/t19-,20-/m1/s1/i5D3. The van der Waals surface area contributed by atoms with Gasteiger partial charge in [0, 0.05) is 30.3 Å². The highest BCUT2D eigenvalue weighted by Crippen LogP contribution is 2.38. The topological polar surface area (TPSA) is 68.7 Å². The highest BCUT2D eigenvalue weighted by Gasteiger charge is 2.27. The van der Waals surface area contributed by atoms with E-state index in [1.165, 1.54) is 12.1 Å². The number of nitrogens with zero attached hydrogens (tertiary/aromatic N) is 1. The van der Waals surface area contributed by atoms with Gasteiger partial charge in [0.15, 0.2) is 0 Å². The average Bonchev–Trinajstić information content (AvgIpc) is 2.74. The lowest BCUT2D eigenvalue weighted by Crippen LogP contribution is -2.31. The molecule has 0 amide bonds. The number of esters is 1. The summed E-state index contributed by atoms with van der Waals surface area (Å²) in [7, 11) is -2.60. The Morgan fingerprint density at radius 2 is 1.94 bits per heavy atom. The van der Waals surface area contributed by atoms with Gasteiger partial charge in [-0.15, -0.1) is 0 Å². The molecule has 1 fully saturated rings. The predicted octanol–water partition coefficient (Wildman–Crippen LogP) is 5.36. The molecule has 0 spiro atoms. The Balaban J connectivity index is 2.26. The number of methoxy groups -OCH3 is 1. The molecule has 2 atom stereocenters. The van der Waals surface area contributed by atoms with Gasteiger partial charge in [-0.3, -0.25) is 9.78 Å². The van der Waals surface area contributed by atoms with Crippen molar-refractivity contribution >= 4 is 12.0 Å². The zero-order valence-corrected chi connectivity index (χ0v) is 18.9. The van der Waals surface area contributed by atoms with Crippen LogP contribution < -0.4 is 0 Å². The van der Waals surface area contributed by atoms with Crippen molar-refractivity contribution in [1.29, 1.82) is 0 Å². The molecule has 0 bridgehead atoms. The molecule has 1 aliphatic heterocycles. The summed E-state index contributed by atoms with van der Waals surface area (Å²) >= 11 is 0. The monoisotopic (exact) mass is 444 g/mol. The molecule has 1 aromatic heterocycles. The van der Waals surface area contributed by atoms with Crippen LogP contribution in [0.4, 0.5) is 4.39 Å². The number of cyclic esters (lactones) is 1. The number of benzene rings is 1. The molecule has 172 valence electrons. The maximum atomic E-state index is 13.8. The number of aliphatic hydroxyl groups excluding tert-OH is 1. The van der Waals surface area contributed by atoms with E-state index in [4.69, 9.17) is 18.6 Å². The van der Waals surface area contributed by atoms with Crippen molar-refractivity contribution in [2.24, 2.45) is 0 Å². The summed E-state index contributed by atoms with van der Waals surface area (Å²) in [4.78, 5) is 16.7. The van der Waals surface area contributed by atoms with Gasteiger partial charge in [-0.2, -0.15) is 0 Å². The van der Waals surface area contributed by atoms with E-state index in [9.17, 15) is 14.3 Å². The summed E-state index contributed by atoms with van der Waals surface area (Å²) in [5, 5.41) is 9.98. The molecule has 0 unspecified atom stereocenters. The van der Waals surface area contributed by atoms with Crippen LogP contribution in [-0.4, -0.2) is 35.3 Å². The van der Waals surface area contributed by atoms with Crippen LogP contribution >= 0.6 is 0 Å². The third-order valence-electron chi connectivity index (χ3n) is 5.51. The van der Waals surface area contributed by atoms with Crippen LogP contribution in [0.25, 0.3) is 17.2 Å². The summed E-state index contributed by atoms with van der Waals surface area (Å²) in [5.74, 6) is -0.893. The van der Waals surface area contributed by atoms with Crippen LogP contribution in [0.3, 0.4) is 0 Å². The molecule has 2 aromatic rings. The number of halogens is 1. The minimum absolute atomic E-state index is 0.00318. The Morgan fingerprint density at radius 3 is 2.53 bits per heavy atom. The zero-order chi connectivity index (χ0) is 25.9. The van der Waals surface area contributed by atoms with Gasteiger partial charge >= 0.3 is 5.97 Å². The summed E-state index contributed by atoms with van der Waals surface area (Å²) in [6.45, 7) is 7.73. The minimum atomic E-state index is -2.60. The molecule has 0 radical (unpaired) electrons. The van der Waals surface area contributed by atoms with Crippen molar-refractivity contribution in [3.8, 4) is 11.1 Å². The first-order chi connectivity index (χ1) is 16.4. The van der Waals surface area contributed by atoms with Gasteiger partial charge in [-0.05, 0) is 41.2 Å². The fourth-order valence-corrected chi connectivity index (χ4v) is 4.06. The Labute approximate surface area is 193 Å². The van der Waals surface area contributed by atoms with Crippen molar-refractivity contribution in [1.82, 2.24) is 4.98 Å². The van der Waals surface area contributed by atoms with Crippen LogP contribution in [0.5, 0.6) is 0 Å². The lowest BCUT2D eigenvalue weighted by molar-refractivity contribution is -0.156. The van der Waals surface area contributed by atoms with E-state index in [-0.39, 0.29) is 31.3 Å². The molecule has 1 N–H and O–H groups in total. The number of pyridine rings is 1. The number of aromatic nitrogens is 1. The Morgan fingerprint density at radius 1 is 1.25 bits per heavy atom. The van der Waals surface area contributed by atoms with E-state index in [1.54, 1.807) is 24.3 Å². The number of hydrogen-bond donors (Lipinski definition) is 1. The number of carbonyl (C=O) groups excluding carboxylic acids is 1.